The van der Waals surface area contributed by atoms with E-state index in [1.165, 1.54) is 0 Å². The molecule has 0 spiro atoms. The van der Waals surface area contributed by atoms with E-state index in [1.54, 1.807) is 0 Å². The number of halogens is 2. The molecule has 0 aliphatic carbocycles. The van der Waals surface area contributed by atoms with Crippen LogP contribution in [0.1, 0.15) is 18.9 Å². The van der Waals surface area contributed by atoms with Crippen LogP contribution in [0.3, 0.4) is 0 Å². The number of ether oxygens (including phenoxy) is 1. The highest BCUT2D eigenvalue weighted by atomic mass is 79.9. The number of hydrogen-bond acceptors (Lipinski definition) is 3. The summed E-state index contributed by atoms with van der Waals surface area (Å²) < 4.78 is 6.82. The van der Waals surface area contributed by atoms with Gasteiger partial charge >= 0.3 is 0 Å². The van der Waals surface area contributed by atoms with Gasteiger partial charge in [-0.05, 0) is 42.3 Å². The number of amides is 1. The molecular weight excluding hydrogens is 392 g/mol. The second kappa shape index (κ2) is 7.36. The van der Waals surface area contributed by atoms with Gasteiger partial charge in [0.25, 0.3) is 0 Å². The number of carbonyl (C=O) groups excluding carboxylic acids is 1. The Bertz CT molecular complexity index is 807. The zero-order valence-electron chi connectivity index (χ0n) is 13.1. The van der Waals surface area contributed by atoms with Crippen LogP contribution in [0.15, 0.2) is 52.0 Å². The zero-order valence-corrected chi connectivity index (χ0v) is 15.4. The van der Waals surface area contributed by atoms with Crippen LogP contribution >= 0.6 is 27.5 Å². The van der Waals surface area contributed by atoms with Crippen molar-refractivity contribution >= 4 is 39.1 Å². The Morgan fingerprint density at radius 3 is 2.92 bits per heavy atom. The number of benzene rings is 2. The molecule has 1 amide bonds. The van der Waals surface area contributed by atoms with E-state index in [-0.39, 0.29) is 11.8 Å². The molecule has 124 valence electrons. The summed E-state index contributed by atoms with van der Waals surface area (Å²) in [6.45, 7) is 1.90. The van der Waals surface area contributed by atoms with E-state index in [0.717, 1.165) is 15.7 Å². The molecule has 0 aromatic heterocycles. The maximum Gasteiger partial charge on any atom is 0.243 e. The van der Waals surface area contributed by atoms with Crippen molar-refractivity contribution in [2.24, 2.45) is 11.0 Å². The number of hydrazone groups is 1. The normalized spacial score (nSPS) is 17.2. The topological polar surface area (TPSA) is 50.7 Å². The van der Waals surface area contributed by atoms with E-state index in [1.807, 2.05) is 49.4 Å². The van der Waals surface area contributed by atoms with Crippen LogP contribution in [-0.4, -0.2) is 11.6 Å². The summed E-state index contributed by atoms with van der Waals surface area (Å²) in [5, 5.41) is 4.69. The van der Waals surface area contributed by atoms with Crippen molar-refractivity contribution < 1.29 is 9.53 Å². The largest absolute Gasteiger partial charge is 0.456 e. The summed E-state index contributed by atoms with van der Waals surface area (Å²) in [4.78, 5) is 11.5. The highest BCUT2D eigenvalue weighted by molar-refractivity contribution is 9.10. The van der Waals surface area contributed by atoms with Gasteiger partial charge in [0.05, 0.1) is 5.02 Å². The van der Waals surface area contributed by atoms with Gasteiger partial charge in [-0.25, -0.2) is 5.43 Å². The van der Waals surface area contributed by atoms with Gasteiger partial charge < -0.3 is 4.74 Å². The van der Waals surface area contributed by atoms with Crippen molar-refractivity contribution in [3.8, 4) is 11.5 Å². The fraction of sp³-hybridized carbons (Fsp3) is 0.222. The lowest BCUT2D eigenvalue weighted by molar-refractivity contribution is -0.124. The van der Waals surface area contributed by atoms with Gasteiger partial charge in [-0.1, -0.05) is 46.6 Å². The van der Waals surface area contributed by atoms with Crippen LogP contribution in [-0.2, 0) is 11.2 Å². The van der Waals surface area contributed by atoms with E-state index in [9.17, 15) is 4.79 Å². The van der Waals surface area contributed by atoms with Gasteiger partial charge in [0.15, 0.2) is 0 Å². The second-order valence-electron chi connectivity index (χ2n) is 5.76. The third-order valence-corrected chi connectivity index (χ3v) is 4.55. The van der Waals surface area contributed by atoms with Crippen LogP contribution in [0.25, 0.3) is 0 Å². The molecule has 2 aromatic carbocycles. The van der Waals surface area contributed by atoms with Gasteiger partial charge in [-0.3, -0.25) is 4.79 Å². The van der Waals surface area contributed by atoms with Crippen molar-refractivity contribution in [2.45, 2.75) is 19.8 Å². The Morgan fingerprint density at radius 1 is 1.33 bits per heavy atom. The fourth-order valence-corrected chi connectivity index (χ4v) is 3.01. The molecule has 0 saturated heterocycles. The number of carbonyl (C=O) groups is 1. The Morgan fingerprint density at radius 2 is 2.17 bits per heavy atom. The minimum absolute atomic E-state index is 0.0338. The van der Waals surface area contributed by atoms with Crippen molar-refractivity contribution in [2.75, 3.05) is 0 Å². The third kappa shape index (κ3) is 4.16. The van der Waals surface area contributed by atoms with Crippen LogP contribution in [0.5, 0.6) is 11.5 Å². The molecular formula is C18H16BrClN2O2. The molecule has 0 fully saturated rings. The zero-order chi connectivity index (χ0) is 17.1. The number of nitrogens with zero attached hydrogens (tertiary/aromatic N) is 1. The van der Waals surface area contributed by atoms with Gasteiger partial charge in [-0.15, -0.1) is 0 Å². The number of hydrogen-bond donors (Lipinski definition) is 1. The standard InChI is InChI=1S/C18H16BrClN2O2/c1-11-7-14(21-22-18(11)23)8-12-5-6-16(20)17(9-12)24-15-4-2-3-13(19)10-15/h2-6,9-11H,7-8H2,1H3,(H,22,23)/t11-/m1/s1. The van der Waals surface area contributed by atoms with Crippen molar-refractivity contribution in [3.63, 3.8) is 0 Å². The van der Waals surface area contributed by atoms with E-state index in [2.05, 4.69) is 26.5 Å². The molecule has 6 heteroatoms. The molecule has 1 aliphatic rings. The van der Waals surface area contributed by atoms with E-state index in [0.29, 0.717) is 29.4 Å². The number of nitrogens with one attached hydrogen (secondary N) is 1. The van der Waals surface area contributed by atoms with Gasteiger partial charge in [0.1, 0.15) is 11.5 Å². The Balaban J connectivity index is 1.78. The summed E-state index contributed by atoms with van der Waals surface area (Å²) in [7, 11) is 0. The molecule has 1 heterocycles. The quantitative estimate of drug-likeness (QED) is 0.779. The summed E-state index contributed by atoms with van der Waals surface area (Å²) >= 11 is 9.67. The van der Waals surface area contributed by atoms with Crippen molar-refractivity contribution in [1.29, 1.82) is 0 Å². The van der Waals surface area contributed by atoms with Crippen molar-refractivity contribution in [3.05, 3.63) is 57.5 Å². The van der Waals surface area contributed by atoms with Crippen LogP contribution in [0.2, 0.25) is 5.02 Å². The van der Waals surface area contributed by atoms with Crippen molar-refractivity contribution in [1.82, 2.24) is 5.43 Å². The predicted molar refractivity (Wildman–Crippen MR) is 98.7 cm³/mol. The highest BCUT2D eigenvalue weighted by Gasteiger charge is 2.20. The maximum atomic E-state index is 11.5. The third-order valence-electron chi connectivity index (χ3n) is 3.74. The Hall–Kier alpha value is -1.85. The molecule has 1 N–H and O–H groups in total. The number of rotatable bonds is 4. The average molecular weight is 408 g/mol. The summed E-state index contributed by atoms with van der Waals surface area (Å²) in [5.41, 5.74) is 4.54. The molecule has 0 radical (unpaired) electrons. The Labute approximate surface area is 154 Å². The molecule has 0 bridgehead atoms. The van der Waals surface area contributed by atoms with E-state index >= 15 is 0 Å². The Kier molecular flexibility index (Phi) is 5.21. The lowest BCUT2D eigenvalue weighted by Gasteiger charge is -2.18. The first kappa shape index (κ1) is 17.0. The predicted octanol–water partition coefficient (Wildman–Crippen LogP) is 4.95. The summed E-state index contributed by atoms with van der Waals surface area (Å²) in [6, 6.07) is 13.3. The smallest absolute Gasteiger partial charge is 0.243 e. The van der Waals surface area contributed by atoms with E-state index in [4.69, 9.17) is 16.3 Å². The minimum Gasteiger partial charge on any atom is -0.456 e. The minimum atomic E-state index is -0.0535. The first-order valence-electron chi connectivity index (χ1n) is 7.58. The van der Waals surface area contributed by atoms with Crippen LogP contribution in [0.4, 0.5) is 0 Å². The molecule has 3 rings (SSSR count). The first-order valence-corrected chi connectivity index (χ1v) is 8.75. The second-order valence-corrected chi connectivity index (χ2v) is 7.08. The lowest BCUT2D eigenvalue weighted by Crippen LogP contribution is -2.33. The van der Waals surface area contributed by atoms with Gasteiger partial charge in [0, 0.05) is 22.5 Å². The molecule has 24 heavy (non-hydrogen) atoms. The monoisotopic (exact) mass is 406 g/mol. The summed E-state index contributed by atoms with van der Waals surface area (Å²) in [6.07, 6.45) is 1.31. The molecule has 1 atom stereocenters. The highest BCUT2D eigenvalue weighted by Crippen LogP contribution is 2.31. The molecule has 4 nitrogen and oxygen atoms in total. The summed E-state index contributed by atoms with van der Waals surface area (Å²) in [5.74, 6) is 1.22. The molecule has 0 unspecified atom stereocenters. The van der Waals surface area contributed by atoms with Gasteiger partial charge in [-0.2, -0.15) is 5.10 Å². The average Bonchev–Trinajstić information content (AvgIpc) is 2.54. The van der Waals surface area contributed by atoms with Crippen LogP contribution in [0, 0.1) is 5.92 Å². The fourth-order valence-electron chi connectivity index (χ4n) is 2.48. The molecule has 0 saturated carbocycles. The van der Waals surface area contributed by atoms with Gasteiger partial charge in [0.2, 0.25) is 5.91 Å². The van der Waals surface area contributed by atoms with Crippen LogP contribution < -0.4 is 10.2 Å². The molecule has 2 aromatic rings. The van der Waals surface area contributed by atoms with E-state index < -0.39 is 0 Å². The SMILES string of the molecule is C[C@@H]1CC(Cc2ccc(Cl)c(Oc3cccc(Br)c3)c2)=NNC1=O. The molecule has 1 aliphatic heterocycles. The lowest BCUT2D eigenvalue weighted by atomic mass is 9.97. The maximum absolute atomic E-state index is 11.5. The first-order chi connectivity index (χ1) is 11.5.